The normalized spacial score (nSPS) is 26.3. The maximum atomic E-state index is 12.8. The van der Waals surface area contributed by atoms with Gasteiger partial charge in [0.25, 0.3) is 5.91 Å². The van der Waals surface area contributed by atoms with Gasteiger partial charge < -0.3 is 14.5 Å². The van der Waals surface area contributed by atoms with Gasteiger partial charge in [-0.3, -0.25) is 14.5 Å². The number of carbonyl (C=O) groups is 2. The zero-order valence-electron chi connectivity index (χ0n) is 16.1. The molecular formula is C20H29N3O3S. The number of nitrogens with zero attached hydrogens (tertiary/aromatic N) is 3. The molecule has 2 amide bonds. The highest BCUT2D eigenvalue weighted by Crippen LogP contribution is 2.24. The van der Waals surface area contributed by atoms with Crippen LogP contribution >= 0.6 is 11.3 Å². The van der Waals surface area contributed by atoms with Crippen molar-refractivity contribution in [1.29, 1.82) is 0 Å². The van der Waals surface area contributed by atoms with Crippen molar-refractivity contribution in [2.45, 2.75) is 51.3 Å². The van der Waals surface area contributed by atoms with E-state index in [2.05, 4.69) is 16.3 Å². The highest BCUT2D eigenvalue weighted by atomic mass is 32.1. The maximum Gasteiger partial charge on any atom is 0.251 e. The van der Waals surface area contributed by atoms with E-state index in [0.717, 1.165) is 38.9 Å². The van der Waals surface area contributed by atoms with Gasteiger partial charge in [0, 0.05) is 63.2 Å². The van der Waals surface area contributed by atoms with Crippen LogP contribution in [-0.2, 0) is 27.3 Å². The third-order valence-electron chi connectivity index (χ3n) is 6.01. The van der Waals surface area contributed by atoms with Crippen molar-refractivity contribution in [3.63, 3.8) is 0 Å². The van der Waals surface area contributed by atoms with Crippen molar-refractivity contribution in [2.24, 2.45) is 0 Å². The van der Waals surface area contributed by atoms with Gasteiger partial charge in [-0.15, -0.1) is 11.3 Å². The molecule has 0 aromatic carbocycles. The minimum absolute atomic E-state index is 0.0712. The second kappa shape index (κ2) is 8.29. The maximum absolute atomic E-state index is 12.8. The molecule has 3 aliphatic heterocycles. The highest BCUT2D eigenvalue weighted by molar-refractivity contribution is 7.10. The van der Waals surface area contributed by atoms with Crippen molar-refractivity contribution >= 4 is 23.2 Å². The van der Waals surface area contributed by atoms with Gasteiger partial charge >= 0.3 is 0 Å². The Morgan fingerprint density at radius 1 is 1.30 bits per heavy atom. The SMILES string of the molecule is CC1CN(C(=O)C2CCCO2)CCN1C(=O)CCN1CCc2ccsc2C1. The van der Waals surface area contributed by atoms with Crippen LogP contribution < -0.4 is 0 Å². The summed E-state index contributed by atoms with van der Waals surface area (Å²) in [7, 11) is 0. The van der Waals surface area contributed by atoms with Crippen LogP contribution in [0.5, 0.6) is 0 Å². The zero-order chi connectivity index (χ0) is 18.8. The second-order valence-corrected chi connectivity index (χ2v) is 8.87. The molecule has 148 valence electrons. The summed E-state index contributed by atoms with van der Waals surface area (Å²) in [6, 6.07) is 2.29. The lowest BCUT2D eigenvalue weighted by Gasteiger charge is -2.41. The Morgan fingerprint density at radius 2 is 2.19 bits per heavy atom. The molecule has 2 unspecified atom stereocenters. The third kappa shape index (κ3) is 4.20. The van der Waals surface area contributed by atoms with Crippen LogP contribution in [0.15, 0.2) is 11.4 Å². The van der Waals surface area contributed by atoms with Gasteiger partial charge in [0.1, 0.15) is 6.10 Å². The second-order valence-electron chi connectivity index (χ2n) is 7.87. The van der Waals surface area contributed by atoms with E-state index in [-0.39, 0.29) is 24.0 Å². The number of carbonyl (C=O) groups excluding carboxylic acids is 2. The minimum Gasteiger partial charge on any atom is -0.368 e. The molecule has 4 heterocycles. The van der Waals surface area contributed by atoms with E-state index in [1.807, 2.05) is 28.1 Å². The smallest absolute Gasteiger partial charge is 0.251 e. The summed E-state index contributed by atoms with van der Waals surface area (Å²) in [6.07, 6.45) is 3.18. The van der Waals surface area contributed by atoms with Crippen LogP contribution in [0.3, 0.4) is 0 Å². The molecule has 6 nitrogen and oxygen atoms in total. The molecule has 2 saturated heterocycles. The summed E-state index contributed by atoms with van der Waals surface area (Å²) in [4.78, 5) is 33.0. The van der Waals surface area contributed by atoms with E-state index >= 15 is 0 Å². The molecule has 0 saturated carbocycles. The molecule has 0 bridgehead atoms. The van der Waals surface area contributed by atoms with Crippen molar-refractivity contribution in [3.05, 3.63) is 21.9 Å². The molecule has 0 radical (unpaired) electrons. The number of ether oxygens (including phenoxy) is 1. The Labute approximate surface area is 165 Å². The van der Waals surface area contributed by atoms with E-state index in [1.165, 1.54) is 10.4 Å². The van der Waals surface area contributed by atoms with Crippen molar-refractivity contribution < 1.29 is 14.3 Å². The molecule has 27 heavy (non-hydrogen) atoms. The number of hydrogen-bond acceptors (Lipinski definition) is 5. The van der Waals surface area contributed by atoms with E-state index in [4.69, 9.17) is 4.74 Å². The summed E-state index contributed by atoms with van der Waals surface area (Å²) in [5.74, 6) is 0.315. The van der Waals surface area contributed by atoms with E-state index in [1.54, 1.807) is 0 Å². The first-order valence-corrected chi connectivity index (χ1v) is 11.0. The Morgan fingerprint density at radius 3 is 2.96 bits per heavy atom. The highest BCUT2D eigenvalue weighted by Gasteiger charge is 2.34. The fraction of sp³-hybridized carbons (Fsp3) is 0.700. The monoisotopic (exact) mass is 391 g/mol. The first-order chi connectivity index (χ1) is 13.1. The summed E-state index contributed by atoms with van der Waals surface area (Å²) >= 11 is 1.82. The Kier molecular flexibility index (Phi) is 5.80. The first-order valence-electron chi connectivity index (χ1n) is 10.1. The fourth-order valence-corrected chi connectivity index (χ4v) is 5.36. The lowest BCUT2D eigenvalue weighted by molar-refractivity contribution is -0.148. The van der Waals surface area contributed by atoms with Gasteiger partial charge in [0.2, 0.25) is 5.91 Å². The van der Waals surface area contributed by atoms with Gasteiger partial charge in [-0.25, -0.2) is 0 Å². The summed E-state index contributed by atoms with van der Waals surface area (Å²) in [6.45, 7) is 7.44. The van der Waals surface area contributed by atoms with E-state index < -0.39 is 0 Å². The quantitative estimate of drug-likeness (QED) is 0.785. The van der Waals surface area contributed by atoms with Crippen molar-refractivity contribution in [1.82, 2.24) is 14.7 Å². The third-order valence-corrected chi connectivity index (χ3v) is 6.96. The largest absolute Gasteiger partial charge is 0.368 e. The number of hydrogen-bond donors (Lipinski definition) is 0. The Balaban J connectivity index is 1.24. The van der Waals surface area contributed by atoms with Gasteiger partial charge in [-0.1, -0.05) is 0 Å². The molecule has 0 spiro atoms. The standard InChI is InChI=1S/C20H29N3O3S/c1-15-13-22(20(25)17-3-2-11-26-17)9-10-23(15)19(24)5-8-21-7-4-16-6-12-27-18(16)14-21/h6,12,15,17H,2-5,7-11,13-14H2,1H3. The Bertz CT molecular complexity index is 686. The summed E-state index contributed by atoms with van der Waals surface area (Å²) in [5, 5.41) is 2.17. The molecule has 4 rings (SSSR count). The summed E-state index contributed by atoms with van der Waals surface area (Å²) in [5.41, 5.74) is 1.48. The van der Waals surface area contributed by atoms with Gasteiger partial charge in [0.05, 0.1) is 0 Å². The van der Waals surface area contributed by atoms with Crippen LogP contribution in [0.2, 0.25) is 0 Å². The number of piperazine rings is 1. The lowest BCUT2D eigenvalue weighted by Crippen LogP contribution is -2.57. The molecule has 2 atom stereocenters. The molecule has 0 aliphatic carbocycles. The fourth-order valence-electron chi connectivity index (χ4n) is 4.38. The van der Waals surface area contributed by atoms with Crippen LogP contribution in [-0.4, -0.2) is 78.0 Å². The number of amides is 2. The van der Waals surface area contributed by atoms with Crippen LogP contribution in [0.1, 0.15) is 36.6 Å². The minimum atomic E-state index is -0.263. The topological polar surface area (TPSA) is 53.1 Å². The predicted octanol–water partition coefficient (Wildman–Crippen LogP) is 1.73. The van der Waals surface area contributed by atoms with Crippen LogP contribution in [0.25, 0.3) is 0 Å². The van der Waals surface area contributed by atoms with Crippen LogP contribution in [0, 0.1) is 0 Å². The molecular weight excluding hydrogens is 362 g/mol. The molecule has 3 aliphatic rings. The predicted molar refractivity (Wildman–Crippen MR) is 105 cm³/mol. The average molecular weight is 392 g/mol. The van der Waals surface area contributed by atoms with Crippen molar-refractivity contribution in [2.75, 3.05) is 39.3 Å². The summed E-state index contributed by atoms with van der Waals surface area (Å²) < 4.78 is 5.53. The number of fused-ring (bicyclic) bond motifs is 1. The molecule has 2 fully saturated rings. The van der Waals surface area contributed by atoms with Gasteiger partial charge in [0.15, 0.2) is 0 Å². The first kappa shape index (κ1) is 18.9. The van der Waals surface area contributed by atoms with E-state index in [9.17, 15) is 9.59 Å². The molecule has 7 heteroatoms. The van der Waals surface area contributed by atoms with Crippen molar-refractivity contribution in [3.8, 4) is 0 Å². The molecule has 0 N–H and O–H groups in total. The number of rotatable bonds is 4. The van der Waals surface area contributed by atoms with Gasteiger partial charge in [-0.05, 0) is 43.2 Å². The van der Waals surface area contributed by atoms with E-state index in [0.29, 0.717) is 32.7 Å². The van der Waals surface area contributed by atoms with Gasteiger partial charge in [-0.2, -0.15) is 0 Å². The van der Waals surface area contributed by atoms with Crippen LogP contribution in [0.4, 0.5) is 0 Å². The Hall–Kier alpha value is -1.44. The lowest BCUT2D eigenvalue weighted by atomic mass is 10.1. The zero-order valence-corrected chi connectivity index (χ0v) is 16.9. The number of thiophene rings is 1. The average Bonchev–Trinajstić information content (AvgIpc) is 3.36. The molecule has 1 aromatic heterocycles. The molecule has 1 aromatic rings.